The van der Waals surface area contributed by atoms with Crippen molar-refractivity contribution in [2.45, 2.75) is 83.1 Å². The molecule has 0 unspecified atom stereocenters. The number of aryl methyl sites for hydroxylation is 2. The summed E-state index contributed by atoms with van der Waals surface area (Å²) in [6.07, 6.45) is 5.69. The van der Waals surface area contributed by atoms with Crippen LogP contribution in [0.3, 0.4) is 0 Å². The van der Waals surface area contributed by atoms with Gasteiger partial charge in [0.15, 0.2) is 0 Å². The van der Waals surface area contributed by atoms with Crippen LogP contribution in [0.15, 0.2) is 91.2 Å². The van der Waals surface area contributed by atoms with Crippen molar-refractivity contribution in [3.8, 4) is 39.4 Å². The minimum Gasteiger partial charge on any atom is -0.488 e. The summed E-state index contributed by atoms with van der Waals surface area (Å²) in [7, 11) is 1.29. The Bertz CT molecular complexity index is 2730. The van der Waals surface area contributed by atoms with Crippen molar-refractivity contribution in [1.82, 2.24) is 40.4 Å². The van der Waals surface area contributed by atoms with E-state index in [1.165, 1.54) is 12.7 Å². The number of carbonyl (C=O) groups excluding carboxylic acids is 4. The molecule has 4 atom stereocenters. The first-order chi connectivity index (χ1) is 31.0. The Kier molecular flexibility index (Phi) is 10.5. The Balaban J connectivity index is 0.887. The van der Waals surface area contributed by atoms with Gasteiger partial charge in [-0.25, -0.2) is 14.8 Å². The van der Waals surface area contributed by atoms with Crippen LogP contribution < -0.4 is 15.4 Å². The molecule has 328 valence electrons. The van der Waals surface area contributed by atoms with Crippen molar-refractivity contribution in [3.63, 3.8) is 0 Å². The maximum absolute atomic E-state index is 14.3. The maximum atomic E-state index is 14.3. The van der Waals surface area contributed by atoms with Crippen LogP contribution in [0.25, 0.3) is 33.6 Å². The predicted octanol–water partition coefficient (Wildman–Crippen LogP) is 7.43. The summed E-state index contributed by atoms with van der Waals surface area (Å²) in [5.74, 6) is 1.43. The lowest BCUT2D eigenvalue weighted by atomic mass is 9.86. The zero-order chi connectivity index (χ0) is 44.4. The second-order valence-electron chi connectivity index (χ2n) is 18.0. The van der Waals surface area contributed by atoms with E-state index in [1.54, 1.807) is 16.0 Å². The normalized spacial score (nSPS) is 19.6. The summed E-state index contributed by atoms with van der Waals surface area (Å²) in [5.41, 5.74) is 11.5. The number of nitrogens with zero attached hydrogens (tertiary/aromatic N) is 4. The van der Waals surface area contributed by atoms with Gasteiger partial charge in [-0.3, -0.25) is 14.4 Å². The fourth-order valence-corrected chi connectivity index (χ4v) is 9.77. The molecule has 5 aromatic rings. The van der Waals surface area contributed by atoms with Crippen molar-refractivity contribution >= 4 is 23.8 Å². The molecule has 3 aliphatic heterocycles. The molecule has 14 nitrogen and oxygen atoms in total. The molecule has 5 heterocycles. The fourth-order valence-electron chi connectivity index (χ4n) is 9.77. The monoisotopic (exact) mass is 860 g/mol. The van der Waals surface area contributed by atoms with Crippen LogP contribution >= 0.6 is 0 Å². The molecule has 2 aromatic heterocycles. The first-order valence-corrected chi connectivity index (χ1v) is 22.2. The van der Waals surface area contributed by atoms with Gasteiger partial charge < -0.3 is 39.9 Å². The number of amides is 4. The summed E-state index contributed by atoms with van der Waals surface area (Å²) in [4.78, 5) is 73.8. The number of aromatic amines is 2. The Morgan fingerprint density at radius 3 is 2.27 bits per heavy atom. The minimum atomic E-state index is -0.799. The van der Waals surface area contributed by atoms with Gasteiger partial charge in [-0.05, 0) is 102 Å². The summed E-state index contributed by atoms with van der Waals surface area (Å²) >= 11 is 0. The molecule has 5 aliphatic rings. The first-order valence-electron chi connectivity index (χ1n) is 22.2. The molecule has 2 saturated heterocycles. The quantitative estimate of drug-likeness (QED) is 0.105. The number of ether oxygens (including phenoxy) is 2. The number of hydrogen-bond donors (Lipinski definition) is 4. The fraction of sp³-hybridized carbons (Fsp3) is 0.360. The van der Waals surface area contributed by atoms with E-state index in [4.69, 9.17) is 19.4 Å². The number of hydrogen-bond acceptors (Lipinski definition) is 8. The lowest BCUT2D eigenvalue weighted by Crippen LogP contribution is -2.51. The minimum absolute atomic E-state index is 0.0319. The SMILES string of the molecule is C=C1CCN(C(=O)[C@@H](NC(=O)OC)C(C)C)[C@@H]1c1nc2c([nH]1)CCc1cc3c(cc1-2)OCc1cc(-c2cnc([C@@H]4C(=C)CCN4C(=O)[C@H](NC(=O)C4CC4)c4ccccc4)[nH]2)ccc1-3. The summed E-state index contributed by atoms with van der Waals surface area (Å²) in [5, 5.41) is 5.76. The summed E-state index contributed by atoms with van der Waals surface area (Å²) in [6.45, 7) is 13.8. The Labute approximate surface area is 371 Å². The van der Waals surface area contributed by atoms with Crippen LogP contribution in [-0.2, 0) is 38.6 Å². The lowest BCUT2D eigenvalue weighted by Gasteiger charge is -2.30. The number of benzene rings is 3. The highest BCUT2D eigenvalue weighted by atomic mass is 16.5. The van der Waals surface area contributed by atoms with Crippen molar-refractivity contribution in [2.24, 2.45) is 11.8 Å². The van der Waals surface area contributed by atoms with E-state index in [0.29, 0.717) is 44.2 Å². The number of nitrogens with one attached hydrogen (secondary N) is 4. The third-order valence-electron chi connectivity index (χ3n) is 13.4. The summed E-state index contributed by atoms with van der Waals surface area (Å²) in [6, 6.07) is 17.6. The van der Waals surface area contributed by atoms with Gasteiger partial charge in [0.25, 0.3) is 5.91 Å². The molecule has 10 rings (SSSR count). The molecule has 14 heteroatoms. The molecule has 64 heavy (non-hydrogen) atoms. The van der Waals surface area contributed by atoms with Gasteiger partial charge >= 0.3 is 6.09 Å². The molecule has 4 amide bonds. The van der Waals surface area contributed by atoms with Gasteiger partial charge in [-0.15, -0.1) is 0 Å². The van der Waals surface area contributed by atoms with Crippen molar-refractivity contribution < 1.29 is 28.7 Å². The number of aromatic nitrogens is 4. The number of rotatable bonds is 10. The lowest BCUT2D eigenvalue weighted by molar-refractivity contribution is -0.137. The topological polar surface area (TPSA) is 175 Å². The van der Waals surface area contributed by atoms with E-state index in [1.807, 2.05) is 44.2 Å². The Morgan fingerprint density at radius 1 is 0.812 bits per heavy atom. The zero-order valence-electron chi connectivity index (χ0n) is 36.3. The second-order valence-corrected chi connectivity index (χ2v) is 18.0. The molecule has 1 saturated carbocycles. The van der Waals surface area contributed by atoms with Crippen LogP contribution in [0.2, 0.25) is 0 Å². The molecule has 0 spiro atoms. The zero-order valence-corrected chi connectivity index (χ0v) is 36.3. The average Bonchev–Trinajstić information content (AvgIpc) is 3.56. The first kappa shape index (κ1) is 41.1. The van der Waals surface area contributed by atoms with Gasteiger partial charge in [0.05, 0.1) is 24.7 Å². The van der Waals surface area contributed by atoms with Crippen molar-refractivity contribution in [2.75, 3.05) is 20.2 Å². The molecule has 0 bridgehead atoms. The van der Waals surface area contributed by atoms with Gasteiger partial charge in [0, 0.05) is 35.8 Å². The van der Waals surface area contributed by atoms with E-state index in [0.717, 1.165) is 93.0 Å². The van der Waals surface area contributed by atoms with E-state index in [-0.39, 0.29) is 29.6 Å². The van der Waals surface area contributed by atoms with Gasteiger partial charge in [-0.1, -0.05) is 69.5 Å². The predicted molar refractivity (Wildman–Crippen MR) is 239 cm³/mol. The van der Waals surface area contributed by atoms with E-state index >= 15 is 0 Å². The van der Waals surface area contributed by atoms with Crippen LogP contribution in [0.1, 0.15) is 91.7 Å². The second kappa shape index (κ2) is 16.3. The Hall–Kier alpha value is -6.96. The number of alkyl carbamates (subject to hydrolysis) is 1. The highest BCUT2D eigenvalue weighted by Crippen LogP contribution is 2.46. The highest BCUT2D eigenvalue weighted by molar-refractivity contribution is 5.91. The van der Waals surface area contributed by atoms with Gasteiger partial charge in [0.2, 0.25) is 11.8 Å². The maximum Gasteiger partial charge on any atom is 0.407 e. The van der Waals surface area contributed by atoms with Crippen LogP contribution in [0.5, 0.6) is 5.75 Å². The third kappa shape index (κ3) is 7.33. The molecule has 4 N–H and O–H groups in total. The summed E-state index contributed by atoms with van der Waals surface area (Å²) < 4.78 is 11.3. The number of methoxy groups -OCH3 is 1. The number of imidazole rings is 2. The smallest absolute Gasteiger partial charge is 0.407 e. The van der Waals surface area contributed by atoms with E-state index in [9.17, 15) is 19.2 Å². The Morgan fingerprint density at radius 2 is 1.55 bits per heavy atom. The van der Waals surface area contributed by atoms with Crippen LogP contribution in [0.4, 0.5) is 4.79 Å². The molecule has 3 fully saturated rings. The number of fused-ring (bicyclic) bond motifs is 6. The van der Waals surface area contributed by atoms with E-state index < -0.39 is 30.3 Å². The third-order valence-corrected chi connectivity index (χ3v) is 13.4. The largest absolute Gasteiger partial charge is 0.488 e. The van der Waals surface area contributed by atoms with Crippen molar-refractivity contribution in [1.29, 1.82) is 0 Å². The van der Waals surface area contributed by atoms with Gasteiger partial charge in [-0.2, -0.15) is 0 Å². The average molecular weight is 861 g/mol. The van der Waals surface area contributed by atoms with E-state index in [2.05, 4.69) is 64.1 Å². The molecule has 0 radical (unpaired) electrons. The molecule has 3 aromatic carbocycles. The number of likely N-dealkylation sites (tertiary alicyclic amines) is 2. The molecular weight excluding hydrogens is 809 g/mol. The number of H-pyrrole nitrogens is 2. The van der Waals surface area contributed by atoms with Crippen molar-refractivity contribution in [3.05, 3.63) is 125 Å². The van der Waals surface area contributed by atoms with Crippen LogP contribution in [0, 0.1) is 11.8 Å². The molecule has 2 aliphatic carbocycles. The standard InChI is InChI=1S/C50H52N8O6/c1-26(2)40(56-50(62)63-5)48(60)58-20-18-28(4)44(58)46-52-37-16-14-31-22-36-34-15-13-32(21-33(34)25-64-39(36)23-35(31)42(37)54-46)38-24-51-45(53-38)43-27(3)17-19-57(43)49(61)41(29-9-7-6-8-10-29)55-47(59)30-11-12-30/h6-10,13,15,21-24,26,30,40-41,43-44H,3-4,11-12,14,16-20,25H2,1-2,5H3,(H,51,53)(H,52,54)(H,55,59)(H,56,62)/t40-,41+,43-,44-/m0/s1. The highest BCUT2D eigenvalue weighted by Gasteiger charge is 2.42. The molecular formula is C50H52N8O6. The van der Waals surface area contributed by atoms with Crippen LogP contribution in [-0.4, -0.2) is 79.8 Å². The number of carbonyl (C=O) groups is 4. The van der Waals surface area contributed by atoms with Gasteiger partial charge in [0.1, 0.15) is 48.2 Å².